The summed E-state index contributed by atoms with van der Waals surface area (Å²) in [7, 11) is 0. The minimum atomic E-state index is -0.480. The lowest BCUT2D eigenvalue weighted by atomic mass is 10.0. The maximum absolute atomic E-state index is 12.4. The van der Waals surface area contributed by atoms with E-state index in [0.29, 0.717) is 19.8 Å². The number of ether oxygens (including phenoxy) is 2. The minimum absolute atomic E-state index is 0.00602. The van der Waals surface area contributed by atoms with E-state index in [0.717, 1.165) is 25.3 Å². The first-order valence-electron chi connectivity index (χ1n) is 8.98. The highest BCUT2D eigenvalue weighted by Crippen LogP contribution is 2.28. The molecule has 0 unspecified atom stereocenters. The van der Waals surface area contributed by atoms with E-state index in [4.69, 9.17) is 9.47 Å². The van der Waals surface area contributed by atoms with E-state index >= 15 is 0 Å². The molecule has 2 aliphatic rings. The van der Waals surface area contributed by atoms with Crippen molar-refractivity contribution in [2.75, 3.05) is 44.4 Å². The Balaban J connectivity index is 1.52. The Morgan fingerprint density at radius 1 is 1.15 bits per heavy atom. The zero-order valence-corrected chi connectivity index (χ0v) is 15.8. The fourth-order valence-electron chi connectivity index (χ4n) is 3.65. The van der Waals surface area contributed by atoms with Crippen LogP contribution in [-0.4, -0.2) is 55.9 Å². The van der Waals surface area contributed by atoms with Crippen LogP contribution in [-0.2, 0) is 20.8 Å². The molecule has 3 heterocycles. The number of aryl methyl sites for hydroxylation is 1. The summed E-state index contributed by atoms with van der Waals surface area (Å²) in [5, 5.41) is 0. The molecule has 2 aromatic rings. The van der Waals surface area contributed by atoms with Crippen LogP contribution in [0.4, 0.5) is 5.69 Å². The van der Waals surface area contributed by atoms with Gasteiger partial charge in [0.05, 0.1) is 19.8 Å². The Kier molecular flexibility index (Phi) is 5.09. The topological polar surface area (TPSA) is 42.0 Å². The molecular weight excluding hydrogens is 348 g/mol. The summed E-state index contributed by atoms with van der Waals surface area (Å²) in [6, 6.07) is 14.2. The van der Waals surface area contributed by atoms with Gasteiger partial charge < -0.3 is 14.4 Å². The summed E-state index contributed by atoms with van der Waals surface area (Å²) in [6.45, 7) is 6.50. The van der Waals surface area contributed by atoms with Crippen molar-refractivity contribution in [3.63, 3.8) is 0 Å². The molecule has 2 aliphatic heterocycles. The predicted octanol–water partition coefficient (Wildman–Crippen LogP) is 2.69. The van der Waals surface area contributed by atoms with Crippen molar-refractivity contribution in [3.05, 3.63) is 52.2 Å². The van der Waals surface area contributed by atoms with Crippen LogP contribution in [0.15, 0.2) is 42.5 Å². The van der Waals surface area contributed by atoms with Crippen LogP contribution in [0, 0.1) is 6.92 Å². The molecule has 0 radical (unpaired) electrons. The molecule has 4 rings (SSSR count). The molecule has 5 nitrogen and oxygen atoms in total. The fraction of sp³-hybridized carbons (Fsp3) is 0.450. The van der Waals surface area contributed by atoms with E-state index in [9.17, 15) is 4.79 Å². The van der Waals surface area contributed by atoms with Gasteiger partial charge in [-0.15, -0.1) is 11.3 Å². The maximum Gasteiger partial charge on any atom is 0.253 e. The van der Waals surface area contributed by atoms with E-state index in [-0.39, 0.29) is 12.5 Å². The lowest BCUT2D eigenvalue weighted by molar-refractivity contribution is -0.146. The number of carbonyl (C=O) groups excluding carboxylic acids is 1. The van der Waals surface area contributed by atoms with Crippen LogP contribution in [0.1, 0.15) is 9.75 Å². The number of amides is 1. The molecule has 0 bridgehead atoms. The van der Waals surface area contributed by atoms with Gasteiger partial charge in [0.25, 0.3) is 5.91 Å². The van der Waals surface area contributed by atoms with E-state index in [1.54, 1.807) is 0 Å². The Morgan fingerprint density at radius 2 is 2.00 bits per heavy atom. The lowest BCUT2D eigenvalue weighted by Gasteiger charge is -2.43. The van der Waals surface area contributed by atoms with Crippen LogP contribution in [0.2, 0.25) is 0 Å². The van der Waals surface area contributed by atoms with Gasteiger partial charge in [-0.25, -0.2) is 0 Å². The molecule has 1 spiro atoms. The summed E-state index contributed by atoms with van der Waals surface area (Å²) in [5.74, 6) is 0.00602. The highest BCUT2D eigenvalue weighted by Gasteiger charge is 2.43. The summed E-state index contributed by atoms with van der Waals surface area (Å²) >= 11 is 1.83. The first-order chi connectivity index (χ1) is 12.6. The zero-order chi connectivity index (χ0) is 18.0. The number of thiophene rings is 1. The summed E-state index contributed by atoms with van der Waals surface area (Å²) in [6.07, 6.45) is 0. The monoisotopic (exact) mass is 372 g/mol. The van der Waals surface area contributed by atoms with Crippen LogP contribution in [0.3, 0.4) is 0 Å². The Labute approximate surface area is 158 Å². The average Bonchev–Trinajstić information content (AvgIpc) is 2.95. The second-order valence-electron chi connectivity index (χ2n) is 7.06. The molecule has 0 saturated carbocycles. The van der Waals surface area contributed by atoms with E-state index in [2.05, 4.69) is 24.0 Å². The lowest BCUT2D eigenvalue weighted by Crippen LogP contribution is -2.60. The second kappa shape index (κ2) is 7.48. The molecule has 1 aromatic carbocycles. The van der Waals surface area contributed by atoms with Crippen molar-refractivity contribution in [2.45, 2.75) is 19.1 Å². The third kappa shape index (κ3) is 3.83. The molecule has 1 atom stereocenters. The van der Waals surface area contributed by atoms with Crippen molar-refractivity contribution < 1.29 is 14.3 Å². The predicted molar refractivity (Wildman–Crippen MR) is 103 cm³/mol. The molecule has 26 heavy (non-hydrogen) atoms. The van der Waals surface area contributed by atoms with E-state index in [1.165, 1.54) is 9.75 Å². The van der Waals surface area contributed by atoms with Crippen LogP contribution >= 0.6 is 11.3 Å². The fourth-order valence-corrected chi connectivity index (χ4v) is 4.58. The van der Waals surface area contributed by atoms with Gasteiger partial charge in [0.2, 0.25) is 0 Å². The number of carbonyl (C=O) groups is 1. The summed E-state index contributed by atoms with van der Waals surface area (Å²) < 4.78 is 11.9. The van der Waals surface area contributed by atoms with E-state index in [1.807, 2.05) is 46.6 Å². The normalized spacial score (nSPS) is 24.8. The number of hydrogen-bond donors (Lipinski definition) is 0. The Hall–Kier alpha value is -1.73. The number of anilines is 1. The molecule has 2 fully saturated rings. The second-order valence-corrected chi connectivity index (χ2v) is 8.44. The number of nitrogens with zero attached hydrogens (tertiary/aromatic N) is 2. The number of rotatable bonds is 3. The number of benzene rings is 1. The van der Waals surface area contributed by atoms with Crippen molar-refractivity contribution in [3.8, 4) is 0 Å². The average molecular weight is 372 g/mol. The quantitative estimate of drug-likeness (QED) is 0.831. The van der Waals surface area contributed by atoms with Gasteiger partial charge in [0, 0.05) is 35.1 Å². The third-order valence-corrected chi connectivity index (χ3v) is 5.91. The van der Waals surface area contributed by atoms with Crippen molar-refractivity contribution >= 4 is 22.9 Å². The number of hydrogen-bond acceptors (Lipinski definition) is 5. The van der Waals surface area contributed by atoms with Crippen LogP contribution < -0.4 is 4.90 Å². The van der Waals surface area contributed by atoms with Gasteiger partial charge in [-0.2, -0.15) is 0 Å². The van der Waals surface area contributed by atoms with Crippen molar-refractivity contribution in [1.82, 2.24) is 4.90 Å². The van der Waals surface area contributed by atoms with Crippen LogP contribution in [0.5, 0.6) is 0 Å². The minimum Gasteiger partial charge on any atom is -0.377 e. The van der Waals surface area contributed by atoms with Gasteiger partial charge >= 0.3 is 0 Å². The van der Waals surface area contributed by atoms with Gasteiger partial charge in [-0.3, -0.25) is 9.69 Å². The molecular formula is C20H24N2O3S. The molecule has 0 aliphatic carbocycles. The molecule has 138 valence electrons. The third-order valence-electron chi connectivity index (χ3n) is 4.92. The van der Waals surface area contributed by atoms with Crippen LogP contribution in [0.25, 0.3) is 0 Å². The van der Waals surface area contributed by atoms with Gasteiger partial charge in [-0.1, -0.05) is 18.2 Å². The molecule has 1 aromatic heterocycles. The largest absolute Gasteiger partial charge is 0.377 e. The number of para-hydroxylation sites is 1. The van der Waals surface area contributed by atoms with Gasteiger partial charge in [0.15, 0.2) is 0 Å². The maximum atomic E-state index is 12.4. The standard InChI is InChI=1S/C20H24N2O3S/c1-16-7-8-18(26-16)11-21-9-10-24-15-20(13-21)14-22(19(23)12-25-20)17-5-3-2-4-6-17/h2-8H,9-15H2,1H3/t20-/m0/s1. The summed E-state index contributed by atoms with van der Waals surface area (Å²) in [4.78, 5) is 19.3. The number of morpholine rings is 1. The van der Waals surface area contributed by atoms with Gasteiger partial charge in [-0.05, 0) is 31.2 Å². The SMILES string of the molecule is Cc1ccc(CN2CCOC[C@]3(C2)CN(c2ccccc2)C(=O)CO3)s1. The molecule has 2 saturated heterocycles. The Bertz CT molecular complexity index is 763. The van der Waals surface area contributed by atoms with Gasteiger partial charge in [0.1, 0.15) is 12.2 Å². The molecule has 0 N–H and O–H groups in total. The van der Waals surface area contributed by atoms with Crippen molar-refractivity contribution in [1.29, 1.82) is 0 Å². The smallest absolute Gasteiger partial charge is 0.253 e. The first kappa shape index (κ1) is 17.7. The van der Waals surface area contributed by atoms with E-state index < -0.39 is 5.60 Å². The zero-order valence-electron chi connectivity index (χ0n) is 15.0. The van der Waals surface area contributed by atoms with Crippen molar-refractivity contribution in [2.24, 2.45) is 0 Å². The first-order valence-corrected chi connectivity index (χ1v) is 9.80. The summed E-state index contributed by atoms with van der Waals surface area (Å²) in [5.41, 5.74) is 0.442. The molecule has 6 heteroatoms. The highest BCUT2D eigenvalue weighted by atomic mass is 32.1. The molecule has 1 amide bonds. The highest BCUT2D eigenvalue weighted by molar-refractivity contribution is 7.11. The Morgan fingerprint density at radius 3 is 2.77 bits per heavy atom.